The van der Waals surface area contributed by atoms with Gasteiger partial charge in [0.2, 0.25) is 11.8 Å². The summed E-state index contributed by atoms with van der Waals surface area (Å²) in [7, 11) is 0. The van der Waals surface area contributed by atoms with E-state index in [1.54, 1.807) is 18.2 Å². The minimum Gasteiger partial charge on any atom is -0.325 e. The summed E-state index contributed by atoms with van der Waals surface area (Å²) in [6.07, 6.45) is -4.53. The van der Waals surface area contributed by atoms with E-state index < -0.39 is 23.6 Å². The monoisotopic (exact) mass is 350 g/mol. The van der Waals surface area contributed by atoms with E-state index in [-0.39, 0.29) is 12.2 Å². The van der Waals surface area contributed by atoms with E-state index in [1.165, 1.54) is 19.1 Å². The molecule has 0 atom stereocenters. The average molecular weight is 350 g/mol. The van der Waals surface area contributed by atoms with Crippen LogP contribution in [0, 0.1) is 6.92 Å². The van der Waals surface area contributed by atoms with Crippen molar-refractivity contribution in [2.24, 2.45) is 0 Å². The van der Waals surface area contributed by atoms with Crippen molar-refractivity contribution in [3.8, 4) is 0 Å². The molecule has 0 unspecified atom stereocenters. The predicted molar refractivity (Wildman–Crippen MR) is 89.3 cm³/mol. The van der Waals surface area contributed by atoms with Crippen LogP contribution in [-0.4, -0.2) is 18.4 Å². The number of nitrogens with zero attached hydrogens (tertiary/aromatic N) is 1. The Bertz CT molecular complexity index is 788. The van der Waals surface area contributed by atoms with Crippen molar-refractivity contribution < 1.29 is 22.8 Å². The normalized spacial score (nSPS) is 11.1. The van der Waals surface area contributed by atoms with Crippen LogP contribution in [-0.2, 0) is 15.8 Å². The molecule has 132 valence electrons. The Morgan fingerprint density at radius 2 is 1.76 bits per heavy atom. The number of aryl methyl sites for hydroxylation is 1. The summed E-state index contributed by atoms with van der Waals surface area (Å²) in [4.78, 5) is 25.0. The highest BCUT2D eigenvalue weighted by Gasteiger charge is 2.31. The molecule has 0 bridgehead atoms. The standard InChI is InChI=1S/C18H17F3N2O2/c1-12-5-3-7-15(9-12)22-17(25)11-23(13(2)24)16-8-4-6-14(10-16)18(19,20)21/h3-10H,11H2,1-2H3,(H,22,25). The first-order valence-corrected chi connectivity index (χ1v) is 7.48. The molecular formula is C18H17F3N2O2. The van der Waals surface area contributed by atoms with E-state index in [0.717, 1.165) is 22.6 Å². The minimum absolute atomic E-state index is 0.0155. The number of carbonyl (C=O) groups excluding carboxylic acids is 2. The van der Waals surface area contributed by atoms with Crippen LogP contribution in [0.25, 0.3) is 0 Å². The summed E-state index contributed by atoms with van der Waals surface area (Å²) in [6.45, 7) is 2.67. The number of nitrogens with one attached hydrogen (secondary N) is 1. The zero-order chi connectivity index (χ0) is 18.6. The third kappa shape index (κ3) is 5.07. The molecule has 7 heteroatoms. The molecular weight excluding hydrogens is 333 g/mol. The predicted octanol–water partition coefficient (Wildman–Crippen LogP) is 4.01. The van der Waals surface area contributed by atoms with Gasteiger partial charge in [-0.2, -0.15) is 13.2 Å². The largest absolute Gasteiger partial charge is 0.416 e. The van der Waals surface area contributed by atoms with Gasteiger partial charge in [0.15, 0.2) is 0 Å². The first-order chi connectivity index (χ1) is 11.7. The smallest absolute Gasteiger partial charge is 0.325 e. The van der Waals surface area contributed by atoms with Gasteiger partial charge in [0.25, 0.3) is 0 Å². The highest BCUT2D eigenvalue weighted by atomic mass is 19.4. The molecule has 0 saturated carbocycles. The number of hydrogen-bond donors (Lipinski definition) is 1. The van der Waals surface area contributed by atoms with Crippen LogP contribution in [0.5, 0.6) is 0 Å². The second-order valence-corrected chi connectivity index (χ2v) is 5.57. The number of rotatable bonds is 4. The summed E-state index contributed by atoms with van der Waals surface area (Å²) in [5, 5.41) is 2.63. The van der Waals surface area contributed by atoms with Crippen LogP contribution in [0.2, 0.25) is 0 Å². The molecule has 0 spiro atoms. The number of benzene rings is 2. The minimum atomic E-state index is -4.53. The molecule has 2 amide bonds. The summed E-state index contributed by atoms with van der Waals surface area (Å²) >= 11 is 0. The fourth-order valence-electron chi connectivity index (χ4n) is 2.30. The Hall–Kier alpha value is -2.83. The lowest BCUT2D eigenvalue weighted by Gasteiger charge is -2.22. The lowest BCUT2D eigenvalue weighted by molar-refractivity contribution is -0.137. The SMILES string of the molecule is CC(=O)N(CC(=O)Nc1cccc(C)c1)c1cccc(C(F)(F)F)c1. The van der Waals surface area contributed by atoms with Crippen molar-refractivity contribution in [3.05, 3.63) is 59.7 Å². The molecule has 0 saturated heterocycles. The van der Waals surface area contributed by atoms with Gasteiger partial charge in [-0.1, -0.05) is 18.2 Å². The Morgan fingerprint density at radius 3 is 2.36 bits per heavy atom. The molecule has 0 heterocycles. The van der Waals surface area contributed by atoms with Crippen LogP contribution in [0.3, 0.4) is 0 Å². The highest BCUT2D eigenvalue weighted by molar-refractivity contribution is 6.01. The summed E-state index contributed by atoms with van der Waals surface area (Å²) in [6, 6.07) is 11.4. The number of anilines is 2. The van der Waals surface area contributed by atoms with Crippen molar-refractivity contribution >= 4 is 23.2 Å². The fourth-order valence-corrected chi connectivity index (χ4v) is 2.30. The van der Waals surface area contributed by atoms with E-state index in [2.05, 4.69) is 5.32 Å². The molecule has 1 N–H and O–H groups in total. The van der Waals surface area contributed by atoms with Gasteiger partial charge in [-0.05, 0) is 42.8 Å². The zero-order valence-electron chi connectivity index (χ0n) is 13.7. The summed E-state index contributed by atoms with van der Waals surface area (Å²) in [5.74, 6) is -1.03. The Morgan fingerprint density at radius 1 is 1.08 bits per heavy atom. The molecule has 2 rings (SSSR count). The molecule has 0 aliphatic rings. The van der Waals surface area contributed by atoms with E-state index in [9.17, 15) is 22.8 Å². The van der Waals surface area contributed by atoms with Gasteiger partial charge >= 0.3 is 6.18 Å². The van der Waals surface area contributed by atoms with Crippen LogP contribution in [0.15, 0.2) is 48.5 Å². The number of amides is 2. The van der Waals surface area contributed by atoms with Crippen molar-refractivity contribution in [1.29, 1.82) is 0 Å². The number of carbonyl (C=O) groups is 2. The molecule has 2 aromatic carbocycles. The van der Waals surface area contributed by atoms with Gasteiger partial charge in [-0.25, -0.2) is 0 Å². The highest BCUT2D eigenvalue weighted by Crippen LogP contribution is 2.31. The molecule has 0 aromatic heterocycles. The second-order valence-electron chi connectivity index (χ2n) is 5.57. The molecule has 0 aliphatic carbocycles. The summed E-state index contributed by atoms with van der Waals surface area (Å²) < 4.78 is 38.5. The van der Waals surface area contributed by atoms with E-state index in [0.29, 0.717) is 5.69 Å². The Labute approximate surface area is 143 Å². The maximum Gasteiger partial charge on any atom is 0.416 e. The van der Waals surface area contributed by atoms with Crippen LogP contribution < -0.4 is 10.2 Å². The van der Waals surface area contributed by atoms with Crippen molar-refractivity contribution in [2.75, 3.05) is 16.8 Å². The van der Waals surface area contributed by atoms with Gasteiger partial charge < -0.3 is 10.2 Å². The van der Waals surface area contributed by atoms with E-state index in [4.69, 9.17) is 0 Å². The third-order valence-electron chi connectivity index (χ3n) is 3.47. The maximum atomic E-state index is 12.8. The maximum absolute atomic E-state index is 12.8. The first-order valence-electron chi connectivity index (χ1n) is 7.48. The lowest BCUT2D eigenvalue weighted by Crippen LogP contribution is -2.36. The molecule has 0 aliphatic heterocycles. The molecule has 0 radical (unpaired) electrons. The molecule has 0 fully saturated rings. The Balaban J connectivity index is 2.19. The quantitative estimate of drug-likeness (QED) is 0.906. The molecule has 2 aromatic rings. The van der Waals surface area contributed by atoms with Gasteiger partial charge in [0.05, 0.1) is 5.56 Å². The van der Waals surface area contributed by atoms with E-state index >= 15 is 0 Å². The van der Waals surface area contributed by atoms with Crippen LogP contribution >= 0.6 is 0 Å². The summed E-state index contributed by atoms with van der Waals surface area (Å²) in [5.41, 5.74) is 0.633. The van der Waals surface area contributed by atoms with Gasteiger partial charge in [0.1, 0.15) is 6.54 Å². The second kappa shape index (κ2) is 7.38. The number of halogens is 3. The van der Waals surface area contributed by atoms with Gasteiger partial charge in [-0.3, -0.25) is 9.59 Å². The average Bonchev–Trinajstić information content (AvgIpc) is 2.51. The van der Waals surface area contributed by atoms with Crippen molar-refractivity contribution in [2.45, 2.75) is 20.0 Å². The van der Waals surface area contributed by atoms with Gasteiger partial charge in [-0.15, -0.1) is 0 Å². The molecule has 4 nitrogen and oxygen atoms in total. The third-order valence-corrected chi connectivity index (χ3v) is 3.47. The topological polar surface area (TPSA) is 49.4 Å². The molecule has 25 heavy (non-hydrogen) atoms. The fraction of sp³-hybridized carbons (Fsp3) is 0.222. The Kier molecular flexibility index (Phi) is 5.46. The van der Waals surface area contributed by atoms with Crippen LogP contribution in [0.4, 0.5) is 24.5 Å². The van der Waals surface area contributed by atoms with Crippen LogP contribution in [0.1, 0.15) is 18.1 Å². The van der Waals surface area contributed by atoms with Crippen molar-refractivity contribution in [3.63, 3.8) is 0 Å². The van der Waals surface area contributed by atoms with Gasteiger partial charge in [0, 0.05) is 18.3 Å². The van der Waals surface area contributed by atoms with E-state index in [1.807, 2.05) is 13.0 Å². The zero-order valence-corrected chi connectivity index (χ0v) is 13.7. The number of hydrogen-bond acceptors (Lipinski definition) is 2. The number of alkyl halides is 3. The van der Waals surface area contributed by atoms with Crippen molar-refractivity contribution in [1.82, 2.24) is 0 Å². The lowest BCUT2D eigenvalue weighted by atomic mass is 10.1. The first kappa shape index (κ1) is 18.5.